The molecule has 0 radical (unpaired) electrons. The zero-order chi connectivity index (χ0) is 13.4. The van der Waals surface area contributed by atoms with Crippen molar-refractivity contribution in [2.75, 3.05) is 25.0 Å². The van der Waals surface area contributed by atoms with Gasteiger partial charge in [0.2, 0.25) is 0 Å². The third-order valence-corrected chi connectivity index (χ3v) is 3.46. The molecule has 0 saturated carbocycles. The SMILES string of the molecule is CCC(CCCN(CC)c1ccccc1F)NC. The van der Waals surface area contributed by atoms with Crippen LogP contribution >= 0.6 is 0 Å². The van der Waals surface area contributed by atoms with Crippen LogP contribution in [0.15, 0.2) is 24.3 Å². The third-order valence-electron chi connectivity index (χ3n) is 3.46. The number of halogens is 1. The summed E-state index contributed by atoms with van der Waals surface area (Å²) in [6.07, 6.45) is 3.36. The van der Waals surface area contributed by atoms with Gasteiger partial charge in [0.05, 0.1) is 5.69 Å². The van der Waals surface area contributed by atoms with Gasteiger partial charge in [0.25, 0.3) is 0 Å². The topological polar surface area (TPSA) is 15.3 Å². The van der Waals surface area contributed by atoms with E-state index in [1.165, 1.54) is 6.07 Å². The van der Waals surface area contributed by atoms with Crippen molar-refractivity contribution in [3.63, 3.8) is 0 Å². The van der Waals surface area contributed by atoms with Gasteiger partial charge >= 0.3 is 0 Å². The molecule has 0 amide bonds. The van der Waals surface area contributed by atoms with E-state index >= 15 is 0 Å². The minimum Gasteiger partial charge on any atom is -0.369 e. The average Bonchev–Trinajstić information content (AvgIpc) is 2.40. The largest absolute Gasteiger partial charge is 0.369 e. The first-order valence-electron chi connectivity index (χ1n) is 6.89. The number of nitrogens with one attached hydrogen (secondary N) is 1. The van der Waals surface area contributed by atoms with Crippen LogP contribution < -0.4 is 10.2 Å². The molecule has 1 unspecified atom stereocenters. The Bertz CT molecular complexity index is 337. The summed E-state index contributed by atoms with van der Waals surface area (Å²) in [5, 5.41) is 3.30. The first-order chi connectivity index (χ1) is 8.72. The van der Waals surface area contributed by atoms with Crippen LogP contribution in [0.25, 0.3) is 0 Å². The maximum Gasteiger partial charge on any atom is 0.146 e. The molecular weight excluding hydrogens is 227 g/mol. The highest BCUT2D eigenvalue weighted by Gasteiger charge is 2.10. The van der Waals surface area contributed by atoms with Gasteiger partial charge < -0.3 is 10.2 Å². The molecule has 0 aliphatic rings. The Hall–Kier alpha value is -1.09. The monoisotopic (exact) mass is 252 g/mol. The van der Waals surface area contributed by atoms with Crippen LogP contribution in [0, 0.1) is 5.82 Å². The Balaban J connectivity index is 2.50. The summed E-state index contributed by atoms with van der Waals surface area (Å²) in [6, 6.07) is 7.59. The van der Waals surface area contributed by atoms with E-state index in [1.807, 2.05) is 19.2 Å². The highest BCUT2D eigenvalue weighted by atomic mass is 19.1. The molecule has 0 heterocycles. The summed E-state index contributed by atoms with van der Waals surface area (Å²) >= 11 is 0. The molecule has 0 bridgehead atoms. The highest BCUT2D eigenvalue weighted by Crippen LogP contribution is 2.19. The van der Waals surface area contributed by atoms with E-state index in [9.17, 15) is 4.39 Å². The molecule has 1 atom stereocenters. The maximum absolute atomic E-state index is 13.7. The Morgan fingerprint density at radius 1 is 1.28 bits per heavy atom. The molecule has 102 valence electrons. The summed E-state index contributed by atoms with van der Waals surface area (Å²) in [5.41, 5.74) is 0.720. The fourth-order valence-corrected chi connectivity index (χ4v) is 2.24. The smallest absolute Gasteiger partial charge is 0.146 e. The molecule has 18 heavy (non-hydrogen) atoms. The maximum atomic E-state index is 13.7. The predicted octanol–water partition coefficient (Wildman–Crippen LogP) is 3.43. The van der Waals surface area contributed by atoms with Crippen molar-refractivity contribution in [3.05, 3.63) is 30.1 Å². The second-order valence-electron chi connectivity index (χ2n) is 4.57. The molecule has 1 aromatic carbocycles. The standard InChI is InChI=1S/C15H25FN2/c1-4-13(17-3)9-8-12-18(5-2)15-11-7-6-10-14(15)16/h6-7,10-11,13,17H,4-5,8-9,12H2,1-3H3. The lowest BCUT2D eigenvalue weighted by atomic mass is 10.1. The second kappa shape index (κ2) is 8.09. The van der Waals surface area contributed by atoms with Gasteiger partial charge in [-0.1, -0.05) is 19.1 Å². The van der Waals surface area contributed by atoms with Crippen LogP contribution in [0.3, 0.4) is 0 Å². The van der Waals surface area contributed by atoms with Crippen molar-refractivity contribution in [3.8, 4) is 0 Å². The number of anilines is 1. The summed E-state index contributed by atoms with van der Waals surface area (Å²) in [7, 11) is 2.00. The van der Waals surface area contributed by atoms with E-state index in [1.54, 1.807) is 6.07 Å². The van der Waals surface area contributed by atoms with Crippen LogP contribution in [-0.4, -0.2) is 26.2 Å². The molecule has 0 aliphatic heterocycles. The number of rotatable bonds is 8. The van der Waals surface area contributed by atoms with Crippen molar-refractivity contribution in [2.45, 2.75) is 39.2 Å². The zero-order valence-electron chi connectivity index (χ0n) is 11.7. The Kier molecular flexibility index (Phi) is 6.73. The quantitative estimate of drug-likeness (QED) is 0.762. The van der Waals surface area contributed by atoms with Gasteiger partial charge in [-0.3, -0.25) is 0 Å². The van der Waals surface area contributed by atoms with E-state index < -0.39 is 0 Å². The van der Waals surface area contributed by atoms with Gasteiger partial charge in [-0.25, -0.2) is 4.39 Å². The minimum atomic E-state index is -0.125. The zero-order valence-corrected chi connectivity index (χ0v) is 11.7. The lowest BCUT2D eigenvalue weighted by Crippen LogP contribution is -2.28. The number of benzene rings is 1. The fourth-order valence-electron chi connectivity index (χ4n) is 2.24. The molecule has 0 saturated heterocycles. The molecule has 0 spiro atoms. The van der Waals surface area contributed by atoms with E-state index in [0.717, 1.165) is 38.0 Å². The Labute approximate surface area is 110 Å². The normalized spacial score (nSPS) is 12.4. The summed E-state index contributed by atoms with van der Waals surface area (Å²) in [6.45, 7) is 6.02. The van der Waals surface area contributed by atoms with Crippen molar-refractivity contribution < 1.29 is 4.39 Å². The van der Waals surface area contributed by atoms with Crippen molar-refractivity contribution in [1.82, 2.24) is 5.32 Å². The van der Waals surface area contributed by atoms with Crippen molar-refractivity contribution >= 4 is 5.69 Å². The molecule has 1 aromatic rings. The predicted molar refractivity (Wildman–Crippen MR) is 76.7 cm³/mol. The van der Waals surface area contributed by atoms with Crippen LogP contribution in [0.4, 0.5) is 10.1 Å². The molecule has 3 heteroatoms. The first-order valence-corrected chi connectivity index (χ1v) is 6.89. The minimum absolute atomic E-state index is 0.125. The third kappa shape index (κ3) is 4.30. The lowest BCUT2D eigenvalue weighted by molar-refractivity contribution is 0.489. The van der Waals surface area contributed by atoms with E-state index in [4.69, 9.17) is 0 Å². The Morgan fingerprint density at radius 3 is 2.56 bits per heavy atom. The second-order valence-corrected chi connectivity index (χ2v) is 4.57. The Morgan fingerprint density at radius 2 is 2.00 bits per heavy atom. The highest BCUT2D eigenvalue weighted by molar-refractivity contribution is 5.47. The summed E-state index contributed by atoms with van der Waals surface area (Å²) in [5.74, 6) is -0.125. The number of nitrogens with zero attached hydrogens (tertiary/aromatic N) is 1. The van der Waals surface area contributed by atoms with Gasteiger partial charge in [-0.15, -0.1) is 0 Å². The number of hydrogen-bond acceptors (Lipinski definition) is 2. The van der Waals surface area contributed by atoms with E-state index in [-0.39, 0.29) is 5.82 Å². The van der Waals surface area contributed by atoms with Crippen LogP contribution in [-0.2, 0) is 0 Å². The molecule has 1 rings (SSSR count). The van der Waals surface area contributed by atoms with Crippen LogP contribution in [0.2, 0.25) is 0 Å². The van der Waals surface area contributed by atoms with Gasteiger partial charge in [-0.2, -0.15) is 0 Å². The lowest BCUT2D eigenvalue weighted by Gasteiger charge is -2.24. The van der Waals surface area contributed by atoms with E-state index in [2.05, 4.69) is 24.1 Å². The average molecular weight is 252 g/mol. The molecule has 1 N–H and O–H groups in total. The van der Waals surface area contributed by atoms with Gasteiger partial charge in [-0.05, 0) is 45.4 Å². The van der Waals surface area contributed by atoms with Crippen molar-refractivity contribution in [1.29, 1.82) is 0 Å². The summed E-state index contributed by atoms with van der Waals surface area (Å²) in [4.78, 5) is 2.11. The van der Waals surface area contributed by atoms with Gasteiger partial charge in [0.15, 0.2) is 0 Å². The van der Waals surface area contributed by atoms with Crippen LogP contribution in [0.1, 0.15) is 33.1 Å². The molecule has 2 nitrogen and oxygen atoms in total. The van der Waals surface area contributed by atoms with Crippen LogP contribution in [0.5, 0.6) is 0 Å². The number of hydrogen-bond donors (Lipinski definition) is 1. The summed E-state index contributed by atoms with van der Waals surface area (Å²) < 4.78 is 13.7. The van der Waals surface area contributed by atoms with Gasteiger partial charge in [0, 0.05) is 19.1 Å². The molecule has 0 aromatic heterocycles. The first kappa shape index (κ1) is 15.0. The molecule has 0 fully saturated rings. The number of para-hydroxylation sites is 1. The van der Waals surface area contributed by atoms with Crippen molar-refractivity contribution in [2.24, 2.45) is 0 Å². The van der Waals surface area contributed by atoms with Gasteiger partial charge in [0.1, 0.15) is 5.82 Å². The molecular formula is C15H25FN2. The molecule has 0 aliphatic carbocycles. The van der Waals surface area contributed by atoms with E-state index in [0.29, 0.717) is 6.04 Å². The fraction of sp³-hybridized carbons (Fsp3) is 0.600.